The van der Waals surface area contributed by atoms with Crippen molar-refractivity contribution in [2.24, 2.45) is 0 Å². The molecule has 0 saturated heterocycles. The molecule has 0 radical (unpaired) electrons. The molecule has 0 heterocycles. The number of benzene rings is 1. The standard InChI is InChI=1S/C6H5Br.C2H4BrI/c7-6-4-2-1-3-5-6;1-2(3)4/h1-5H;2H,1H3. The van der Waals surface area contributed by atoms with Gasteiger partial charge in [-0.1, -0.05) is 72.6 Å². The Morgan fingerprint density at radius 3 is 1.82 bits per heavy atom. The minimum atomic E-state index is 0.616. The Kier molecular flexibility index (Phi) is 8.18. The van der Waals surface area contributed by atoms with Crippen LogP contribution in [0.1, 0.15) is 6.92 Å². The Balaban J connectivity index is 0.000000218. The first-order valence-corrected chi connectivity index (χ1v) is 6.07. The van der Waals surface area contributed by atoms with Crippen LogP contribution in [0.15, 0.2) is 34.8 Å². The maximum absolute atomic E-state index is 3.31. The van der Waals surface area contributed by atoms with Gasteiger partial charge in [-0.25, -0.2) is 0 Å². The van der Waals surface area contributed by atoms with Crippen LogP contribution in [-0.4, -0.2) is 2.83 Å². The van der Waals surface area contributed by atoms with E-state index >= 15 is 0 Å². The molecule has 1 aromatic rings. The first-order chi connectivity index (χ1) is 5.13. The van der Waals surface area contributed by atoms with Crippen molar-refractivity contribution in [1.82, 2.24) is 0 Å². The van der Waals surface area contributed by atoms with Crippen LogP contribution < -0.4 is 0 Å². The summed E-state index contributed by atoms with van der Waals surface area (Å²) in [6.07, 6.45) is 0. The Morgan fingerprint density at radius 2 is 1.64 bits per heavy atom. The fraction of sp³-hybridized carbons (Fsp3) is 0.250. The average Bonchev–Trinajstić information content (AvgIpc) is 1.87. The highest BCUT2D eigenvalue weighted by Gasteiger charge is 1.74. The molecule has 0 bridgehead atoms. The lowest BCUT2D eigenvalue weighted by molar-refractivity contribution is 1.51. The zero-order valence-electron chi connectivity index (χ0n) is 6.10. The Morgan fingerprint density at radius 1 is 1.27 bits per heavy atom. The molecule has 62 valence electrons. The zero-order chi connectivity index (χ0) is 8.69. The minimum absolute atomic E-state index is 0.616. The third kappa shape index (κ3) is 10.9. The molecule has 1 aromatic carbocycles. The number of alkyl halides is 2. The van der Waals surface area contributed by atoms with E-state index < -0.39 is 0 Å². The van der Waals surface area contributed by atoms with E-state index in [1.54, 1.807) is 0 Å². The quantitative estimate of drug-likeness (QED) is 0.447. The van der Waals surface area contributed by atoms with Crippen LogP contribution in [0.3, 0.4) is 0 Å². The first kappa shape index (κ1) is 11.9. The van der Waals surface area contributed by atoms with Gasteiger partial charge in [0.05, 0.1) is 2.83 Å². The van der Waals surface area contributed by atoms with Gasteiger partial charge in [0, 0.05) is 4.47 Å². The zero-order valence-corrected chi connectivity index (χ0v) is 11.4. The normalized spacial score (nSPS) is 11.3. The van der Waals surface area contributed by atoms with Crippen molar-refractivity contribution >= 4 is 54.5 Å². The molecule has 0 saturated carbocycles. The molecule has 3 heteroatoms. The van der Waals surface area contributed by atoms with Crippen molar-refractivity contribution in [3.8, 4) is 0 Å². The second-order valence-corrected chi connectivity index (χ2v) is 7.68. The van der Waals surface area contributed by atoms with Gasteiger partial charge in [0.25, 0.3) is 0 Å². The van der Waals surface area contributed by atoms with Gasteiger partial charge < -0.3 is 0 Å². The molecule has 0 spiro atoms. The topological polar surface area (TPSA) is 0 Å². The number of halogens is 3. The molecule has 0 aromatic heterocycles. The summed E-state index contributed by atoms with van der Waals surface area (Å²) in [5, 5.41) is 0. The molecular formula is C8H9Br2I. The van der Waals surface area contributed by atoms with Crippen molar-refractivity contribution < 1.29 is 0 Å². The third-order valence-electron chi connectivity index (χ3n) is 0.733. The van der Waals surface area contributed by atoms with Crippen LogP contribution in [0.4, 0.5) is 0 Å². The minimum Gasteiger partial charge on any atom is -0.0778 e. The van der Waals surface area contributed by atoms with Crippen LogP contribution >= 0.6 is 54.5 Å². The second kappa shape index (κ2) is 7.55. The van der Waals surface area contributed by atoms with Gasteiger partial charge in [0.1, 0.15) is 0 Å². The van der Waals surface area contributed by atoms with E-state index in [2.05, 4.69) is 61.4 Å². The van der Waals surface area contributed by atoms with Crippen LogP contribution in [0, 0.1) is 0 Å². The van der Waals surface area contributed by atoms with Crippen molar-refractivity contribution in [3.05, 3.63) is 34.8 Å². The van der Waals surface area contributed by atoms with Crippen molar-refractivity contribution in [1.29, 1.82) is 0 Å². The maximum atomic E-state index is 3.31. The summed E-state index contributed by atoms with van der Waals surface area (Å²) in [4.78, 5) is 0. The van der Waals surface area contributed by atoms with Crippen molar-refractivity contribution in [3.63, 3.8) is 0 Å². The summed E-state index contributed by atoms with van der Waals surface area (Å²) in [5.41, 5.74) is 0. The van der Waals surface area contributed by atoms with Gasteiger partial charge in [0.15, 0.2) is 0 Å². The summed E-state index contributed by atoms with van der Waals surface area (Å²) in [6.45, 7) is 2.07. The molecule has 0 aliphatic rings. The Bertz CT molecular complexity index is 172. The second-order valence-electron chi connectivity index (χ2n) is 1.81. The van der Waals surface area contributed by atoms with Crippen molar-refractivity contribution in [2.45, 2.75) is 9.76 Å². The number of hydrogen-bond acceptors (Lipinski definition) is 0. The molecule has 0 amide bonds. The highest BCUT2D eigenvalue weighted by Crippen LogP contribution is 2.05. The van der Waals surface area contributed by atoms with Gasteiger partial charge >= 0.3 is 0 Å². The predicted molar refractivity (Wildman–Crippen MR) is 66.6 cm³/mol. The maximum Gasteiger partial charge on any atom is 0.0634 e. The Hall–Kier alpha value is 0.910. The van der Waals surface area contributed by atoms with E-state index in [9.17, 15) is 0 Å². The number of rotatable bonds is 0. The smallest absolute Gasteiger partial charge is 0.0634 e. The highest BCUT2D eigenvalue weighted by molar-refractivity contribution is 14.1. The molecule has 0 aliphatic heterocycles. The lowest BCUT2D eigenvalue weighted by atomic mass is 10.4. The summed E-state index contributed by atoms with van der Waals surface area (Å²) >= 11 is 8.83. The van der Waals surface area contributed by atoms with Gasteiger partial charge in [-0.15, -0.1) is 0 Å². The predicted octanol–water partition coefficient (Wildman–Crippen LogP) is 4.61. The molecular weight excluding hydrogens is 383 g/mol. The van der Waals surface area contributed by atoms with Crippen molar-refractivity contribution in [2.75, 3.05) is 0 Å². The molecule has 11 heavy (non-hydrogen) atoms. The average molecular weight is 392 g/mol. The monoisotopic (exact) mass is 390 g/mol. The van der Waals surface area contributed by atoms with Crippen LogP contribution in [0.2, 0.25) is 0 Å². The molecule has 0 nitrogen and oxygen atoms in total. The van der Waals surface area contributed by atoms with E-state index in [4.69, 9.17) is 0 Å². The van der Waals surface area contributed by atoms with Crippen LogP contribution in [0.5, 0.6) is 0 Å². The summed E-state index contributed by atoms with van der Waals surface area (Å²) < 4.78 is 1.75. The molecule has 0 N–H and O–H groups in total. The van der Waals surface area contributed by atoms with E-state index in [0.717, 1.165) is 4.47 Å². The van der Waals surface area contributed by atoms with Crippen LogP contribution in [0.25, 0.3) is 0 Å². The molecule has 1 unspecified atom stereocenters. The van der Waals surface area contributed by atoms with Gasteiger partial charge in [0.2, 0.25) is 0 Å². The first-order valence-electron chi connectivity index (χ1n) is 3.11. The van der Waals surface area contributed by atoms with Gasteiger partial charge in [-0.05, 0) is 19.1 Å². The van der Waals surface area contributed by atoms with Crippen LogP contribution in [-0.2, 0) is 0 Å². The van der Waals surface area contributed by atoms with E-state index in [0.29, 0.717) is 2.83 Å². The Labute approximate surface area is 98.2 Å². The lowest BCUT2D eigenvalue weighted by Crippen LogP contribution is -1.59. The van der Waals surface area contributed by atoms with E-state index in [1.165, 1.54) is 0 Å². The largest absolute Gasteiger partial charge is 0.0778 e. The molecule has 1 rings (SSSR count). The lowest BCUT2D eigenvalue weighted by Gasteiger charge is -1.80. The summed E-state index contributed by atoms with van der Waals surface area (Å²) in [6, 6.07) is 9.97. The SMILES string of the molecule is Brc1ccccc1.CC(Br)I. The fourth-order valence-electron chi connectivity index (χ4n) is 0.415. The fourth-order valence-corrected chi connectivity index (χ4v) is 0.720. The van der Waals surface area contributed by atoms with E-state index in [1.807, 2.05) is 30.3 Å². The highest BCUT2D eigenvalue weighted by atomic mass is 127. The summed E-state index contributed by atoms with van der Waals surface area (Å²) in [7, 11) is 0. The van der Waals surface area contributed by atoms with Gasteiger partial charge in [-0.2, -0.15) is 0 Å². The molecule has 0 fully saturated rings. The molecule has 1 atom stereocenters. The van der Waals surface area contributed by atoms with E-state index in [-0.39, 0.29) is 0 Å². The number of hydrogen-bond donors (Lipinski definition) is 0. The third-order valence-corrected chi connectivity index (χ3v) is 1.26. The van der Waals surface area contributed by atoms with Gasteiger partial charge in [-0.3, -0.25) is 0 Å². The molecule has 0 aliphatic carbocycles. The summed E-state index contributed by atoms with van der Waals surface area (Å²) in [5.74, 6) is 0.